The molecule has 2 aliphatic heterocycles. The van der Waals surface area contributed by atoms with Gasteiger partial charge in [0, 0.05) is 45.8 Å². The molecular weight excluding hydrogens is 298 g/mol. The fraction of sp³-hybridized carbons (Fsp3) is 0.750. The summed E-state index contributed by atoms with van der Waals surface area (Å²) in [7, 11) is 1.55. The summed E-state index contributed by atoms with van der Waals surface area (Å²) in [6.07, 6.45) is 6.53. The van der Waals surface area contributed by atoms with Crippen molar-refractivity contribution in [2.75, 3.05) is 33.5 Å². The molecule has 0 aromatic carbocycles. The number of fused-ring (bicyclic) bond motifs is 1. The van der Waals surface area contributed by atoms with Gasteiger partial charge in [-0.3, -0.25) is 9.48 Å². The van der Waals surface area contributed by atoms with Gasteiger partial charge in [-0.1, -0.05) is 0 Å². The van der Waals surface area contributed by atoms with Gasteiger partial charge in [-0.15, -0.1) is 0 Å². The van der Waals surface area contributed by atoms with Crippen molar-refractivity contribution in [1.29, 1.82) is 0 Å². The third-order valence-corrected chi connectivity index (χ3v) is 4.49. The largest absolute Gasteiger partial charge is 0.375 e. The highest BCUT2D eigenvalue weighted by atomic mass is 16.5. The number of hydrogen-bond acceptors (Lipinski definition) is 5. The maximum absolute atomic E-state index is 12.2. The van der Waals surface area contributed by atoms with Crippen LogP contribution < -0.4 is 0 Å². The lowest BCUT2D eigenvalue weighted by Crippen LogP contribution is -2.44. The topological polar surface area (TPSA) is 65.8 Å². The van der Waals surface area contributed by atoms with Crippen LogP contribution in [0.3, 0.4) is 0 Å². The summed E-state index contributed by atoms with van der Waals surface area (Å²) in [4.78, 5) is 14.1. The summed E-state index contributed by atoms with van der Waals surface area (Å²) in [5.41, 5.74) is 0. The van der Waals surface area contributed by atoms with E-state index in [-0.39, 0.29) is 30.8 Å². The molecule has 2 fully saturated rings. The Balaban J connectivity index is 1.50. The molecule has 2 aliphatic rings. The first-order valence-electron chi connectivity index (χ1n) is 8.28. The van der Waals surface area contributed by atoms with Crippen LogP contribution in [0, 0.1) is 0 Å². The van der Waals surface area contributed by atoms with Gasteiger partial charge < -0.3 is 19.1 Å². The molecule has 0 radical (unpaired) electrons. The molecule has 7 nitrogen and oxygen atoms in total. The summed E-state index contributed by atoms with van der Waals surface area (Å²) < 4.78 is 18.8. The second-order valence-electron chi connectivity index (χ2n) is 6.06. The smallest absolute Gasteiger partial charge is 0.248 e. The van der Waals surface area contributed by atoms with Crippen molar-refractivity contribution in [3.63, 3.8) is 0 Å². The summed E-state index contributed by atoms with van der Waals surface area (Å²) >= 11 is 0. The minimum absolute atomic E-state index is 0.00532. The molecule has 0 aliphatic carbocycles. The first kappa shape index (κ1) is 16.4. The Hall–Kier alpha value is -1.44. The van der Waals surface area contributed by atoms with E-state index >= 15 is 0 Å². The van der Waals surface area contributed by atoms with E-state index in [1.807, 2.05) is 21.8 Å². The molecule has 128 valence electrons. The molecule has 1 amide bonds. The summed E-state index contributed by atoms with van der Waals surface area (Å²) in [6.45, 7) is 2.94. The fourth-order valence-corrected chi connectivity index (χ4v) is 3.44. The van der Waals surface area contributed by atoms with Crippen molar-refractivity contribution in [3.8, 4) is 0 Å². The van der Waals surface area contributed by atoms with Crippen molar-refractivity contribution < 1.29 is 19.0 Å². The van der Waals surface area contributed by atoms with Gasteiger partial charge in [0.25, 0.3) is 0 Å². The number of amides is 1. The standard InChI is InChI=1S/C16H25N3O4/c1-21-12-15(20)19-11-14(16-13(19)5-2-9-23-16)22-10-4-8-18-7-3-6-17-18/h3,6-7,13-14,16H,2,4-5,8-12H2,1H3/t13-,14-,16-/m1/s1. The number of ether oxygens (including phenoxy) is 3. The number of rotatable bonds is 7. The van der Waals surface area contributed by atoms with Crippen LogP contribution in [-0.4, -0.2) is 72.3 Å². The number of hydrogen-bond donors (Lipinski definition) is 0. The van der Waals surface area contributed by atoms with Crippen LogP contribution in [0.25, 0.3) is 0 Å². The van der Waals surface area contributed by atoms with E-state index in [1.54, 1.807) is 13.3 Å². The molecule has 1 aromatic rings. The van der Waals surface area contributed by atoms with E-state index in [1.165, 1.54) is 0 Å². The van der Waals surface area contributed by atoms with Crippen LogP contribution in [0.5, 0.6) is 0 Å². The van der Waals surface area contributed by atoms with Gasteiger partial charge in [-0.25, -0.2) is 0 Å². The molecule has 0 spiro atoms. The number of carbonyl (C=O) groups is 1. The van der Waals surface area contributed by atoms with Gasteiger partial charge in [0.2, 0.25) is 5.91 Å². The van der Waals surface area contributed by atoms with Crippen molar-refractivity contribution in [1.82, 2.24) is 14.7 Å². The molecule has 0 saturated carbocycles. The lowest BCUT2D eigenvalue weighted by atomic mass is 10.0. The Kier molecular flexibility index (Phi) is 5.64. The lowest BCUT2D eigenvalue weighted by molar-refractivity contribution is -0.138. The maximum atomic E-state index is 12.2. The number of carbonyl (C=O) groups excluding carboxylic acids is 1. The Labute approximate surface area is 136 Å². The number of nitrogens with zero attached hydrogens (tertiary/aromatic N) is 3. The van der Waals surface area contributed by atoms with Crippen LogP contribution in [-0.2, 0) is 25.5 Å². The van der Waals surface area contributed by atoms with Gasteiger partial charge in [-0.2, -0.15) is 5.10 Å². The first-order chi connectivity index (χ1) is 11.3. The van der Waals surface area contributed by atoms with E-state index in [0.29, 0.717) is 13.2 Å². The normalized spacial score (nSPS) is 27.2. The highest BCUT2D eigenvalue weighted by Gasteiger charge is 2.46. The molecule has 1 aromatic heterocycles. The number of aryl methyl sites for hydroxylation is 1. The average Bonchev–Trinajstić information content (AvgIpc) is 3.20. The predicted molar refractivity (Wildman–Crippen MR) is 82.9 cm³/mol. The molecule has 0 unspecified atom stereocenters. The summed E-state index contributed by atoms with van der Waals surface area (Å²) in [5.74, 6) is 0.0237. The molecule has 0 N–H and O–H groups in total. The second-order valence-corrected chi connectivity index (χ2v) is 6.06. The molecule has 0 bridgehead atoms. The first-order valence-corrected chi connectivity index (χ1v) is 8.28. The molecular formula is C16H25N3O4. The van der Waals surface area contributed by atoms with Crippen LogP contribution in [0.15, 0.2) is 18.5 Å². The highest BCUT2D eigenvalue weighted by Crippen LogP contribution is 2.30. The van der Waals surface area contributed by atoms with Gasteiger partial charge in [0.15, 0.2) is 0 Å². The van der Waals surface area contributed by atoms with Crippen LogP contribution in [0.1, 0.15) is 19.3 Å². The maximum Gasteiger partial charge on any atom is 0.248 e. The molecule has 23 heavy (non-hydrogen) atoms. The minimum Gasteiger partial charge on any atom is -0.375 e. The van der Waals surface area contributed by atoms with Crippen molar-refractivity contribution in [2.45, 2.75) is 44.1 Å². The Morgan fingerprint density at radius 1 is 1.48 bits per heavy atom. The summed E-state index contributed by atoms with van der Waals surface area (Å²) in [6, 6.07) is 2.04. The Bertz CT molecular complexity index is 494. The Morgan fingerprint density at radius 3 is 3.17 bits per heavy atom. The Morgan fingerprint density at radius 2 is 2.39 bits per heavy atom. The van der Waals surface area contributed by atoms with Crippen molar-refractivity contribution in [2.24, 2.45) is 0 Å². The van der Waals surface area contributed by atoms with Crippen LogP contribution in [0.2, 0.25) is 0 Å². The number of methoxy groups -OCH3 is 1. The fourth-order valence-electron chi connectivity index (χ4n) is 3.44. The number of likely N-dealkylation sites (tertiary alicyclic amines) is 1. The summed E-state index contributed by atoms with van der Waals surface area (Å²) in [5, 5.41) is 4.18. The average molecular weight is 323 g/mol. The monoisotopic (exact) mass is 323 g/mol. The van der Waals surface area contributed by atoms with Crippen molar-refractivity contribution in [3.05, 3.63) is 18.5 Å². The lowest BCUT2D eigenvalue weighted by Gasteiger charge is -2.32. The molecule has 3 atom stereocenters. The highest BCUT2D eigenvalue weighted by molar-refractivity contribution is 5.78. The zero-order chi connectivity index (χ0) is 16.1. The van der Waals surface area contributed by atoms with E-state index in [9.17, 15) is 4.79 Å². The van der Waals surface area contributed by atoms with Gasteiger partial charge in [-0.05, 0) is 25.3 Å². The third kappa shape index (κ3) is 3.91. The minimum atomic E-state index is -0.0428. The van der Waals surface area contributed by atoms with E-state index < -0.39 is 0 Å². The molecule has 7 heteroatoms. The van der Waals surface area contributed by atoms with E-state index in [0.717, 1.165) is 32.4 Å². The number of aromatic nitrogens is 2. The van der Waals surface area contributed by atoms with Crippen molar-refractivity contribution >= 4 is 5.91 Å². The van der Waals surface area contributed by atoms with Crippen LogP contribution >= 0.6 is 0 Å². The van der Waals surface area contributed by atoms with E-state index in [4.69, 9.17) is 14.2 Å². The van der Waals surface area contributed by atoms with Gasteiger partial charge in [0.05, 0.1) is 6.04 Å². The van der Waals surface area contributed by atoms with Gasteiger partial charge >= 0.3 is 0 Å². The zero-order valence-electron chi connectivity index (χ0n) is 13.6. The quantitative estimate of drug-likeness (QED) is 0.691. The molecule has 2 saturated heterocycles. The second kappa shape index (κ2) is 7.90. The van der Waals surface area contributed by atoms with Gasteiger partial charge in [0.1, 0.15) is 18.8 Å². The SMILES string of the molecule is COCC(=O)N1C[C@@H](OCCCn2cccn2)[C@@H]2OCCC[C@H]21. The van der Waals surface area contributed by atoms with Crippen LogP contribution in [0.4, 0.5) is 0 Å². The molecule has 3 heterocycles. The molecule has 3 rings (SSSR count). The van der Waals surface area contributed by atoms with E-state index in [2.05, 4.69) is 5.10 Å². The predicted octanol–water partition coefficient (Wildman–Crippen LogP) is 0.695. The third-order valence-electron chi connectivity index (χ3n) is 4.49. The zero-order valence-corrected chi connectivity index (χ0v) is 13.6.